The highest BCUT2D eigenvalue weighted by Gasteiger charge is 2.31. The molecule has 0 radical (unpaired) electrons. The Bertz CT molecular complexity index is 397. The summed E-state index contributed by atoms with van der Waals surface area (Å²) in [5, 5.41) is 3.47. The highest BCUT2D eigenvalue weighted by atomic mass is 32.1. The van der Waals surface area contributed by atoms with Gasteiger partial charge in [-0.25, -0.2) is 0 Å². The summed E-state index contributed by atoms with van der Waals surface area (Å²) in [6, 6.07) is 7.97. The molecule has 1 aromatic rings. The Balaban J connectivity index is 2.06. The van der Waals surface area contributed by atoms with Crippen molar-refractivity contribution in [2.24, 2.45) is 11.1 Å². The molecule has 0 saturated heterocycles. The van der Waals surface area contributed by atoms with E-state index in [1.807, 2.05) is 24.3 Å². The molecule has 0 amide bonds. The molecule has 1 aliphatic rings. The topological polar surface area (TPSA) is 38.0 Å². The van der Waals surface area contributed by atoms with Crippen molar-refractivity contribution in [3.8, 4) is 0 Å². The summed E-state index contributed by atoms with van der Waals surface area (Å²) in [6.45, 7) is 3.33. The molecule has 1 fully saturated rings. The van der Waals surface area contributed by atoms with Crippen LogP contribution in [0.3, 0.4) is 0 Å². The first-order valence-corrected chi connectivity index (χ1v) is 6.14. The van der Waals surface area contributed by atoms with E-state index in [0.29, 0.717) is 10.4 Å². The maximum atomic E-state index is 5.69. The summed E-state index contributed by atoms with van der Waals surface area (Å²) >= 11 is 5.04. The summed E-state index contributed by atoms with van der Waals surface area (Å²) in [4.78, 5) is 0.460. The van der Waals surface area contributed by atoms with Gasteiger partial charge in [-0.1, -0.05) is 37.7 Å². The van der Waals surface area contributed by atoms with Crippen molar-refractivity contribution in [1.29, 1.82) is 0 Å². The molecule has 0 aliphatic heterocycles. The Kier molecular flexibility index (Phi) is 3.15. The summed E-state index contributed by atoms with van der Waals surface area (Å²) in [5.41, 5.74) is 8.16. The van der Waals surface area contributed by atoms with Crippen molar-refractivity contribution in [3.63, 3.8) is 0 Å². The minimum Gasteiger partial charge on any atom is -0.389 e. The van der Waals surface area contributed by atoms with Crippen LogP contribution in [-0.4, -0.2) is 11.5 Å². The molecule has 3 heteroatoms. The zero-order chi connectivity index (χ0) is 11.6. The van der Waals surface area contributed by atoms with Crippen LogP contribution in [0.2, 0.25) is 0 Å². The number of nitrogens with two attached hydrogens (primary N) is 1. The molecule has 0 heterocycles. The number of thiocarbonyl (C=S) groups is 1. The third-order valence-electron chi connectivity index (χ3n) is 3.46. The van der Waals surface area contributed by atoms with Gasteiger partial charge in [-0.15, -0.1) is 0 Å². The predicted octanol–water partition coefficient (Wildman–Crippen LogP) is 2.92. The van der Waals surface area contributed by atoms with Crippen LogP contribution in [0.5, 0.6) is 0 Å². The lowest BCUT2D eigenvalue weighted by atomic mass is 9.70. The van der Waals surface area contributed by atoms with Crippen molar-refractivity contribution < 1.29 is 0 Å². The molecule has 1 saturated carbocycles. The predicted molar refractivity (Wildman–Crippen MR) is 72.8 cm³/mol. The molecular formula is C13H18N2S. The van der Waals surface area contributed by atoms with E-state index in [9.17, 15) is 0 Å². The Morgan fingerprint density at radius 1 is 1.44 bits per heavy atom. The molecule has 3 N–H and O–H groups in total. The van der Waals surface area contributed by atoms with E-state index >= 15 is 0 Å². The molecule has 0 spiro atoms. The van der Waals surface area contributed by atoms with E-state index in [-0.39, 0.29) is 0 Å². The van der Waals surface area contributed by atoms with Gasteiger partial charge >= 0.3 is 0 Å². The van der Waals surface area contributed by atoms with Crippen LogP contribution in [0.15, 0.2) is 24.3 Å². The average molecular weight is 234 g/mol. The minimum atomic E-state index is 0.460. The first-order valence-electron chi connectivity index (χ1n) is 5.73. The molecule has 86 valence electrons. The molecule has 0 bridgehead atoms. The van der Waals surface area contributed by atoms with E-state index in [1.165, 1.54) is 19.3 Å². The number of rotatable bonds is 4. The maximum absolute atomic E-state index is 5.69. The van der Waals surface area contributed by atoms with Crippen LogP contribution in [-0.2, 0) is 0 Å². The molecule has 2 nitrogen and oxygen atoms in total. The van der Waals surface area contributed by atoms with Crippen molar-refractivity contribution in [2.75, 3.05) is 11.9 Å². The summed E-state index contributed by atoms with van der Waals surface area (Å²) < 4.78 is 0. The molecule has 1 aliphatic carbocycles. The number of anilines is 1. The molecule has 1 aromatic carbocycles. The van der Waals surface area contributed by atoms with Crippen molar-refractivity contribution in [1.82, 2.24) is 0 Å². The normalized spacial score (nSPS) is 17.6. The molecule has 16 heavy (non-hydrogen) atoms. The van der Waals surface area contributed by atoms with Gasteiger partial charge < -0.3 is 11.1 Å². The molecule has 0 atom stereocenters. The van der Waals surface area contributed by atoms with Gasteiger partial charge in [0.1, 0.15) is 4.99 Å². The lowest BCUT2D eigenvalue weighted by Gasteiger charge is -2.38. The largest absolute Gasteiger partial charge is 0.389 e. The Morgan fingerprint density at radius 3 is 2.69 bits per heavy atom. The van der Waals surface area contributed by atoms with E-state index in [2.05, 4.69) is 12.2 Å². The van der Waals surface area contributed by atoms with Gasteiger partial charge in [0.25, 0.3) is 0 Å². The van der Waals surface area contributed by atoms with Gasteiger partial charge in [-0.05, 0) is 30.4 Å². The second kappa shape index (κ2) is 4.42. The SMILES string of the molecule is CC1(CNc2ccccc2C(N)=S)CCC1. The summed E-state index contributed by atoms with van der Waals surface area (Å²) in [6.07, 6.45) is 3.99. The fourth-order valence-electron chi connectivity index (χ4n) is 2.12. The fraction of sp³-hybridized carbons (Fsp3) is 0.462. The Morgan fingerprint density at radius 2 is 2.12 bits per heavy atom. The van der Waals surface area contributed by atoms with Crippen LogP contribution < -0.4 is 11.1 Å². The third-order valence-corrected chi connectivity index (χ3v) is 3.68. The third kappa shape index (κ3) is 2.35. The summed E-state index contributed by atoms with van der Waals surface area (Å²) in [5.74, 6) is 0. The molecule has 0 unspecified atom stereocenters. The van der Waals surface area contributed by atoms with Crippen LogP contribution in [0.4, 0.5) is 5.69 Å². The quantitative estimate of drug-likeness (QED) is 0.787. The number of hydrogen-bond acceptors (Lipinski definition) is 2. The zero-order valence-electron chi connectivity index (χ0n) is 9.62. The van der Waals surface area contributed by atoms with E-state index in [0.717, 1.165) is 17.8 Å². The smallest absolute Gasteiger partial charge is 0.106 e. The first kappa shape index (κ1) is 11.4. The lowest BCUT2D eigenvalue weighted by molar-refractivity contribution is 0.180. The van der Waals surface area contributed by atoms with Crippen molar-refractivity contribution in [3.05, 3.63) is 29.8 Å². The molecule has 2 rings (SSSR count). The monoisotopic (exact) mass is 234 g/mol. The van der Waals surface area contributed by atoms with Crippen LogP contribution in [0.25, 0.3) is 0 Å². The van der Waals surface area contributed by atoms with Gasteiger partial charge in [0.2, 0.25) is 0 Å². The van der Waals surface area contributed by atoms with Gasteiger partial charge in [0.15, 0.2) is 0 Å². The average Bonchev–Trinajstić information content (AvgIpc) is 2.24. The Hall–Kier alpha value is -1.09. The van der Waals surface area contributed by atoms with E-state index < -0.39 is 0 Å². The zero-order valence-corrected chi connectivity index (χ0v) is 10.4. The van der Waals surface area contributed by atoms with Gasteiger partial charge in [0, 0.05) is 17.8 Å². The highest BCUT2D eigenvalue weighted by molar-refractivity contribution is 7.80. The minimum absolute atomic E-state index is 0.460. The van der Waals surface area contributed by atoms with Crippen molar-refractivity contribution in [2.45, 2.75) is 26.2 Å². The van der Waals surface area contributed by atoms with Gasteiger partial charge in [-0.2, -0.15) is 0 Å². The number of para-hydroxylation sites is 1. The summed E-state index contributed by atoms with van der Waals surface area (Å²) in [7, 11) is 0. The van der Waals surface area contributed by atoms with Crippen LogP contribution >= 0.6 is 12.2 Å². The molecular weight excluding hydrogens is 216 g/mol. The standard InChI is InChI=1S/C13H18N2S/c1-13(7-4-8-13)9-15-11-6-3-2-5-10(11)12(14)16/h2-3,5-6,15H,4,7-9H2,1H3,(H2,14,16). The highest BCUT2D eigenvalue weighted by Crippen LogP contribution is 2.40. The van der Waals surface area contributed by atoms with Gasteiger partial charge in [0.05, 0.1) is 0 Å². The number of benzene rings is 1. The van der Waals surface area contributed by atoms with Crippen LogP contribution in [0.1, 0.15) is 31.7 Å². The Labute approximate surface area is 102 Å². The lowest BCUT2D eigenvalue weighted by Crippen LogP contribution is -2.33. The van der Waals surface area contributed by atoms with Crippen LogP contribution in [0, 0.1) is 5.41 Å². The fourth-order valence-corrected chi connectivity index (χ4v) is 2.30. The second-order valence-electron chi connectivity index (χ2n) is 4.93. The molecule has 0 aromatic heterocycles. The maximum Gasteiger partial charge on any atom is 0.106 e. The van der Waals surface area contributed by atoms with Gasteiger partial charge in [-0.3, -0.25) is 0 Å². The second-order valence-corrected chi connectivity index (χ2v) is 5.37. The van der Waals surface area contributed by atoms with Crippen molar-refractivity contribution >= 4 is 22.9 Å². The first-order chi connectivity index (χ1) is 7.61. The number of nitrogens with one attached hydrogen (secondary N) is 1. The van der Waals surface area contributed by atoms with E-state index in [4.69, 9.17) is 18.0 Å². The van der Waals surface area contributed by atoms with E-state index in [1.54, 1.807) is 0 Å². The number of hydrogen-bond donors (Lipinski definition) is 2.